The van der Waals surface area contributed by atoms with Gasteiger partial charge in [0, 0.05) is 30.9 Å². The van der Waals surface area contributed by atoms with Crippen molar-refractivity contribution in [3.63, 3.8) is 0 Å². The monoisotopic (exact) mass is 652 g/mol. The first kappa shape index (κ1) is 27.7. The molecule has 0 unspecified atom stereocenters. The smallest absolute Gasteiger partial charge is 0.136 e. The zero-order valence-electron chi connectivity index (χ0n) is 27.0. The molecular formula is C48H28OS. The summed E-state index contributed by atoms with van der Waals surface area (Å²) in [6.45, 7) is 0. The van der Waals surface area contributed by atoms with Crippen LogP contribution >= 0.6 is 11.3 Å². The molecule has 0 radical (unpaired) electrons. The van der Waals surface area contributed by atoms with Crippen molar-refractivity contribution in [2.75, 3.05) is 0 Å². The molecule has 0 fully saturated rings. The van der Waals surface area contributed by atoms with Crippen molar-refractivity contribution in [2.24, 2.45) is 0 Å². The Bertz CT molecular complexity index is 3080. The standard InChI is InChI=1S/C48H28OS/c1-2-10-32-27-34(22-19-29(32)9-1)46-38-14-5-3-12-36(38)45(37-13-4-6-15-39(37)46)31-20-17-30(18-21-31)33-23-25-42-41(28-33)47-43(49-42)26-24-40-35-11-7-8-16-44(35)50-48(40)47/h1-28H. The summed E-state index contributed by atoms with van der Waals surface area (Å²) in [5, 5.41) is 12.6. The lowest BCUT2D eigenvalue weighted by atomic mass is 9.85. The third-order valence-electron chi connectivity index (χ3n) is 10.5. The SMILES string of the molecule is c1ccc2cc(-c3c4ccccc4c(-c4ccc(-c5ccc6oc7ccc8c9ccccc9sc8c7c6c5)cc4)c4ccccc34)ccc2c1. The second kappa shape index (κ2) is 10.6. The van der Waals surface area contributed by atoms with Crippen molar-refractivity contribution in [3.8, 4) is 33.4 Å². The summed E-state index contributed by atoms with van der Waals surface area (Å²) in [7, 11) is 0. The highest BCUT2D eigenvalue weighted by Gasteiger charge is 2.18. The van der Waals surface area contributed by atoms with Gasteiger partial charge in [-0.25, -0.2) is 0 Å². The Hall–Kier alpha value is -6.22. The number of hydrogen-bond donors (Lipinski definition) is 0. The molecule has 1 nitrogen and oxygen atoms in total. The molecule has 0 saturated carbocycles. The van der Waals surface area contributed by atoms with Crippen molar-refractivity contribution in [3.05, 3.63) is 170 Å². The number of hydrogen-bond acceptors (Lipinski definition) is 2. The van der Waals surface area contributed by atoms with Gasteiger partial charge in [0.15, 0.2) is 0 Å². The Morgan fingerprint density at radius 1 is 0.340 bits per heavy atom. The predicted octanol–water partition coefficient (Wildman–Crippen LogP) is 14.4. The molecule has 0 bridgehead atoms. The highest BCUT2D eigenvalue weighted by molar-refractivity contribution is 7.26. The Balaban J connectivity index is 1.07. The zero-order chi connectivity index (χ0) is 32.8. The van der Waals surface area contributed by atoms with Crippen LogP contribution in [0.4, 0.5) is 0 Å². The van der Waals surface area contributed by atoms with E-state index in [0.717, 1.165) is 11.2 Å². The molecule has 11 rings (SSSR count). The molecule has 0 aliphatic carbocycles. The van der Waals surface area contributed by atoms with Crippen molar-refractivity contribution in [1.29, 1.82) is 0 Å². The van der Waals surface area contributed by atoms with Gasteiger partial charge in [-0.3, -0.25) is 0 Å². The van der Waals surface area contributed by atoms with E-state index in [1.54, 1.807) is 0 Å². The van der Waals surface area contributed by atoms with E-state index < -0.39 is 0 Å². The molecule has 0 spiro atoms. The van der Waals surface area contributed by atoms with Gasteiger partial charge < -0.3 is 4.42 Å². The molecule has 0 amide bonds. The van der Waals surface area contributed by atoms with Gasteiger partial charge in [0.1, 0.15) is 11.2 Å². The lowest BCUT2D eigenvalue weighted by Gasteiger charge is -2.18. The molecule has 232 valence electrons. The van der Waals surface area contributed by atoms with E-state index in [9.17, 15) is 0 Å². The topological polar surface area (TPSA) is 13.1 Å². The summed E-state index contributed by atoms with van der Waals surface area (Å²) in [6, 6.07) is 62.0. The van der Waals surface area contributed by atoms with Crippen LogP contribution in [0.3, 0.4) is 0 Å². The fourth-order valence-electron chi connectivity index (χ4n) is 8.15. The van der Waals surface area contributed by atoms with Crippen molar-refractivity contribution < 1.29 is 4.42 Å². The van der Waals surface area contributed by atoms with Crippen LogP contribution in [-0.2, 0) is 0 Å². The third-order valence-corrected chi connectivity index (χ3v) is 11.7. The van der Waals surface area contributed by atoms with E-state index in [4.69, 9.17) is 4.42 Å². The summed E-state index contributed by atoms with van der Waals surface area (Å²) in [5.41, 5.74) is 9.26. The van der Waals surface area contributed by atoms with Crippen LogP contribution in [0.15, 0.2) is 174 Å². The maximum atomic E-state index is 6.38. The van der Waals surface area contributed by atoms with E-state index >= 15 is 0 Å². The van der Waals surface area contributed by atoms with Crippen molar-refractivity contribution >= 4 is 85.8 Å². The minimum Gasteiger partial charge on any atom is -0.456 e. The highest BCUT2D eigenvalue weighted by atomic mass is 32.1. The molecule has 9 aromatic carbocycles. The van der Waals surface area contributed by atoms with Gasteiger partial charge in [-0.05, 0) is 102 Å². The van der Waals surface area contributed by atoms with Crippen LogP contribution in [0, 0.1) is 0 Å². The summed E-state index contributed by atoms with van der Waals surface area (Å²) in [4.78, 5) is 0. The minimum absolute atomic E-state index is 0.926. The number of benzene rings is 9. The van der Waals surface area contributed by atoms with Gasteiger partial charge in [-0.15, -0.1) is 11.3 Å². The molecule has 2 heteroatoms. The third kappa shape index (κ3) is 4.06. The second-order valence-electron chi connectivity index (χ2n) is 13.2. The number of fused-ring (bicyclic) bond motifs is 10. The predicted molar refractivity (Wildman–Crippen MR) is 215 cm³/mol. The average Bonchev–Trinajstić information content (AvgIpc) is 3.75. The Morgan fingerprint density at radius 3 is 1.64 bits per heavy atom. The number of furan rings is 1. The average molecular weight is 653 g/mol. The van der Waals surface area contributed by atoms with Gasteiger partial charge in [0.25, 0.3) is 0 Å². The van der Waals surface area contributed by atoms with E-state index in [0.29, 0.717) is 0 Å². The summed E-state index contributed by atoms with van der Waals surface area (Å²) >= 11 is 1.85. The largest absolute Gasteiger partial charge is 0.456 e. The van der Waals surface area contributed by atoms with E-state index in [1.165, 1.54) is 96.6 Å². The van der Waals surface area contributed by atoms with Gasteiger partial charge in [-0.2, -0.15) is 0 Å². The first-order valence-corrected chi connectivity index (χ1v) is 17.9. The quantitative estimate of drug-likeness (QED) is 0.173. The summed E-state index contributed by atoms with van der Waals surface area (Å²) in [6.07, 6.45) is 0. The minimum atomic E-state index is 0.926. The molecule has 2 aromatic heterocycles. The lowest BCUT2D eigenvalue weighted by Crippen LogP contribution is -1.91. The molecule has 50 heavy (non-hydrogen) atoms. The van der Waals surface area contributed by atoms with E-state index in [-0.39, 0.29) is 0 Å². The van der Waals surface area contributed by atoms with Crippen LogP contribution in [0.25, 0.3) is 108 Å². The Morgan fingerprint density at radius 2 is 0.900 bits per heavy atom. The van der Waals surface area contributed by atoms with Crippen LogP contribution in [0.2, 0.25) is 0 Å². The molecule has 0 N–H and O–H groups in total. The Kier molecular flexibility index (Phi) is 5.89. The first-order valence-electron chi connectivity index (χ1n) is 17.1. The molecule has 0 atom stereocenters. The molecule has 0 saturated heterocycles. The molecular weight excluding hydrogens is 625 g/mol. The molecule has 11 aromatic rings. The summed E-state index contributed by atoms with van der Waals surface area (Å²) < 4.78 is 8.97. The molecule has 2 heterocycles. The maximum Gasteiger partial charge on any atom is 0.136 e. The fraction of sp³-hybridized carbons (Fsp3) is 0. The van der Waals surface area contributed by atoms with Crippen LogP contribution < -0.4 is 0 Å². The van der Waals surface area contributed by atoms with Crippen LogP contribution in [-0.4, -0.2) is 0 Å². The number of thiophene rings is 1. The zero-order valence-corrected chi connectivity index (χ0v) is 27.8. The van der Waals surface area contributed by atoms with E-state index in [2.05, 4.69) is 170 Å². The lowest BCUT2D eigenvalue weighted by molar-refractivity contribution is 0.669. The van der Waals surface area contributed by atoms with Gasteiger partial charge in [-0.1, -0.05) is 133 Å². The van der Waals surface area contributed by atoms with Gasteiger partial charge in [0.2, 0.25) is 0 Å². The fourth-order valence-corrected chi connectivity index (χ4v) is 9.40. The van der Waals surface area contributed by atoms with Crippen molar-refractivity contribution in [1.82, 2.24) is 0 Å². The van der Waals surface area contributed by atoms with E-state index in [1.807, 2.05) is 11.3 Å². The van der Waals surface area contributed by atoms with Crippen LogP contribution in [0.1, 0.15) is 0 Å². The second-order valence-corrected chi connectivity index (χ2v) is 14.3. The van der Waals surface area contributed by atoms with Gasteiger partial charge >= 0.3 is 0 Å². The highest BCUT2D eigenvalue weighted by Crippen LogP contribution is 2.46. The van der Waals surface area contributed by atoms with Gasteiger partial charge in [0.05, 0.1) is 0 Å². The van der Waals surface area contributed by atoms with Crippen molar-refractivity contribution in [2.45, 2.75) is 0 Å². The normalized spacial score (nSPS) is 12.0. The van der Waals surface area contributed by atoms with Crippen LogP contribution in [0.5, 0.6) is 0 Å². The number of rotatable bonds is 3. The summed E-state index contributed by atoms with van der Waals surface area (Å²) in [5.74, 6) is 0. The molecule has 0 aliphatic rings. The Labute approximate surface area is 292 Å². The first-order chi connectivity index (χ1) is 24.8. The maximum absolute atomic E-state index is 6.38. The molecule has 0 aliphatic heterocycles.